The van der Waals surface area contributed by atoms with Crippen LogP contribution in [0.1, 0.15) is 34.3 Å². The Hall–Kier alpha value is -4.27. The number of methoxy groups -OCH3 is 3. The molecule has 0 bridgehead atoms. The summed E-state index contributed by atoms with van der Waals surface area (Å²) in [6, 6.07) is 14.3. The van der Waals surface area contributed by atoms with Crippen LogP contribution < -0.4 is 33.7 Å². The lowest BCUT2D eigenvalue weighted by Crippen LogP contribution is -2.40. The third-order valence-corrected chi connectivity index (χ3v) is 6.58. The summed E-state index contributed by atoms with van der Waals surface area (Å²) in [5, 5.41) is 12.6. The molecule has 0 fully saturated rings. The number of carbonyl (C=O) groups is 1. The van der Waals surface area contributed by atoms with E-state index in [0.29, 0.717) is 34.5 Å². The van der Waals surface area contributed by atoms with Crippen molar-refractivity contribution >= 4 is 11.7 Å². The van der Waals surface area contributed by atoms with Gasteiger partial charge in [0.2, 0.25) is 12.5 Å². The zero-order chi connectivity index (χ0) is 25.4. The van der Waals surface area contributed by atoms with Crippen LogP contribution in [0, 0.1) is 5.92 Å². The first-order chi connectivity index (χ1) is 17.4. The van der Waals surface area contributed by atoms with Crippen LogP contribution >= 0.6 is 0 Å². The summed E-state index contributed by atoms with van der Waals surface area (Å²) in [5.41, 5.74) is 2.85. The molecule has 0 aromatic heterocycles. The third-order valence-electron chi connectivity index (χ3n) is 6.58. The quantitative estimate of drug-likeness (QED) is 0.483. The number of rotatable bonds is 7. The average Bonchev–Trinajstić information content (AvgIpc) is 3.34. The number of aromatic carboxylic acids is 1. The lowest BCUT2D eigenvalue weighted by Gasteiger charge is -2.39. The van der Waals surface area contributed by atoms with Crippen LogP contribution in [-0.4, -0.2) is 45.4 Å². The Morgan fingerprint density at radius 1 is 0.917 bits per heavy atom. The van der Waals surface area contributed by atoms with E-state index in [2.05, 4.69) is 12.2 Å². The minimum Gasteiger partial charge on any atom is -0.493 e. The molecule has 2 N–H and O–H groups in total. The number of benzene rings is 3. The van der Waals surface area contributed by atoms with Gasteiger partial charge in [0.15, 0.2) is 29.2 Å². The molecule has 3 aromatic carbocycles. The first kappa shape index (κ1) is 23.5. The summed E-state index contributed by atoms with van der Waals surface area (Å²) in [5.74, 6) is 2.40. The highest BCUT2D eigenvalue weighted by Gasteiger charge is 2.39. The Kier molecular flexibility index (Phi) is 6.13. The summed E-state index contributed by atoms with van der Waals surface area (Å²) >= 11 is 0. The van der Waals surface area contributed by atoms with E-state index < -0.39 is 12.2 Å². The fourth-order valence-electron chi connectivity index (χ4n) is 4.78. The van der Waals surface area contributed by atoms with E-state index in [-0.39, 0.29) is 24.2 Å². The summed E-state index contributed by atoms with van der Waals surface area (Å²) in [6.07, 6.45) is -0.433. The number of carboxylic acid groups (broad SMARTS) is 1. The highest BCUT2D eigenvalue weighted by molar-refractivity contribution is 5.88. The van der Waals surface area contributed by atoms with Crippen molar-refractivity contribution in [2.75, 3.05) is 33.4 Å². The van der Waals surface area contributed by atoms with Crippen LogP contribution in [0.15, 0.2) is 48.5 Å². The maximum Gasteiger partial charge on any atom is 0.335 e. The molecule has 0 saturated carbocycles. The molecule has 0 aliphatic carbocycles. The molecular formula is C27H27NO8. The standard InChI is InChI=1S/C27H27NO8/c1-14-24(16-9-22(31-2)25(33-4)23(10-16)32-3)18-11-20-21(35-13-34-20)12-19(18)36-26(14)28-17-7-5-15(6-8-17)27(29)30/h5-12,14,24,26,28H,13H2,1-4H3,(H,29,30)/t14-,24+,26?/m1/s1. The molecule has 0 amide bonds. The second kappa shape index (κ2) is 9.41. The van der Waals surface area contributed by atoms with E-state index in [1.165, 1.54) is 0 Å². The van der Waals surface area contributed by atoms with E-state index in [0.717, 1.165) is 16.8 Å². The van der Waals surface area contributed by atoms with Crippen molar-refractivity contribution in [2.45, 2.75) is 19.1 Å². The maximum atomic E-state index is 11.2. The average molecular weight is 494 g/mol. The second-order valence-electron chi connectivity index (χ2n) is 8.60. The van der Waals surface area contributed by atoms with Crippen molar-refractivity contribution < 1.29 is 38.3 Å². The number of carboxylic acids is 1. The van der Waals surface area contributed by atoms with Crippen molar-refractivity contribution in [1.82, 2.24) is 0 Å². The first-order valence-electron chi connectivity index (χ1n) is 11.4. The minimum absolute atomic E-state index is 0.0696. The lowest BCUT2D eigenvalue weighted by atomic mass is 9.78. The largest absolute Gasteiger partial charge is 0.493 e. The molecule has 2 aliphatic heterocycles. The third kappa shape index (κ3) is 4.06. The highest BCUT2D eigenvalue weighted by atomic mass is 16.7. The van der Waals surface area contributed by atoms with Gasteiger partial charge in [0, 0.05) is 29.2 Å². The van der Waals surface area contributed by atoms with Crippen molar-refractivity contribution in [3.05, 3.63) is 65.2 Å². The molecule has 188 valence electrons. The Morgan fingerprint density at radius 3 is 2.14 bits per heavy atom. The number of fused-ring (bicyclic) bond motifs is 2. The molecule has 3 aromatic rings. The zero-order valence-electron chi connectivity index (χ0n) is 20.4. The monoisotopic (exact) mass is 493 g/mol. The SMILES string of the molecule is COc1cc([C@H]2c3cc4c(cc3OC(Nc3ccc(C(=O)O)cc3)[C@@H]2C)OCO4)cc(OC)c1OC. The number of hydrogen-bond acceptors (Lipinski definition) is 8. The number of nitrogens with one attached hydrogen (secondary N) is 1. The van der Waals surface area contributed by atoms with Gasteiger partial charge in [-0.25, -0.2) is 4.79 Å². The molecule has 3 atom stereocenters. The Bertz CT molecular complexity index is 1260. The van der Waals surface area contributed by atoms with Crippen molar-refractivity contribution in [2.24, 2.45) is 5.92 Å². The molecule has 1 unspecified atom stereocenters. The fourth-order valence-corrected chi connectivity index (χ4v) is 4.78. The second-order valence-corrected chi connectivity index (χ2v) is 8.60. The van der Waals surface area contributed by atoms with E-state index in [1.807, 2.05) is 24.3 Å². The van der Waals surface area contributed by atoms with Crippen molar-refractivity contribution in [3.63, 3.8) is 0 Å². The number of hydrogen-bond donors (Lipinski definition) is 2. The first-order valence-corrected chi connectivity index (χ1v) is 11.4. The normalized spacial score (nSPS) is 19.6. The molecule has 2 aliphatic rings. The zero-order valence-corrected chi connectivity index (χ0v) is 20.4. The summed E-state index contributed by atoms with van der Waals surface area (Å²) < 4.78 is 34.4. The van der Waals surface area contributed by atoms with Gasteiger partial charge in [-0.15, -0.1) is 0 Å². The van der Waals surface area contributed by atoms with Gasteiger partial charge in [-0.3, -0.25) is 0 Å². The van der Waals surface area contributed by atoms with Crippen LogP contribution in [0.4, 0.5) is 5.69 Å². The predicted molar refractivity (Wildman–Crippen MR) is 131 cm³/mol. The van der Waals surface area contributed by atoms with E-state index in [9.17, 15) is 9.90 Å². The molecule has 9 nitrogen and oxygen atoms in total. The molecule has 5 rings (SSSR count). The van der Waals surface area contributed by atoms with E-state index >= 15 is 0 Å². The maximum absolute atomic E-state index is 11.2. The van der Waals surface area contributed by atoms with E-state index in [4.69, 9.17) is 28.4 Å². The number of ether oxygens (including phenoxy) is 6. The van der Waals surface area contributed by atoms with Gasteiger partial charge in [0.1, 0.15) is 5.75 Å². The van der Waals surface area contributed by atoms with Gasteiger partial charge >= 0.3 is 5.97 Å². The smallest absolute Gasteiger partial charge is 0.335 e. The summed E-state index contributed by atoms with van der Waals surface area (Å²) in [4.78, 5) is 11.2. The van der Waals surface area contributed by atoms with Gasteiger partial charge < -0.3 is 38.8 Å². The van der Waals surface area contributed by atoms with Crippen LogP contribution in [-0.2, 0) is 0 Å². The fraction of sp³-hybridized carbons (Fsp3) is 0.296. The lowest BCUT2D eigenvalue weighted by molar-refractivity contribution is 0.0697. The van der Waals surface area contributed by atoms with Crippen LogP contribution in [0.3, 0.4) is 0 Å². The molecule has 0 spiro atoms. The van der Waals surface area contributed by atoms with Gasteiger partial charge in [0.05, 0.1) is 26.9 Å². The summed E-state index contributed by atoms with van der Waals surface area (Å²) in [6.45, 7) is 2.24. The van der Waals surface area contributed by atoms with Crippen molar-refractivity contribution in [3.8, 4) is 34.5 Å². The number of anilines is 1. The molecular weight excluding hydrogens is 466 g/mol. The van der Waals surface area contributed by atoms with Crippen molar-refractivity contribution in [1.29, 1.82) is 0 Å². The Labute approximate surface area is 208 Å². The summed E-state index contributed by atoms with van der Waals surface area (Å²) in [7, 11) is 4.75. The predicted octanol–water partition coefficient (Wildman–Crippen LogP) is 4.74. The Balaban J connectivity index is 1.59. The topological polar surface area (TPSA) is 105 Å². The minimum atomic E-state index is -0.976. The van der Waals surface area contributed by atoms with E-state index in [1.54, 1.807) is 45.6 Å². The van der Waals surface area contributed by atoms with Gasteiger partial charge in [-0.1, -0.05) is 6.92 Å². The Morgan fingerprint density at radius 2 is 1.56 bits per heavy atom. The molecule has 2 heterocycles. The van der Waals surface area contributed by atoms with Crippen LogP contribution in [0.2, 0.25) is 0 Å². The van der Waals surface area contributed by atoms with Crippen LogP contribution in [0.25, 0.3) is 0 Å². The molecule has 0 radical (unpaired) electrons. The van der Waals surface area contributed by atoms with Gasteiger partial charge in [-0.2, -0.15) is 0 Å². The molecule has 0 saturated heterocycles. The van der Waals surface area contributed by atoms with Gasteiger partial charge in [-0.05, 0) is 48.0 Å². The van der Waals surface area contributed by atoms with Crippen LogP contribution in [0.5, 0.6) is 34.5 Å². The molecule has 9 heteroatoms. The highest BCUT2D eigenvalue weighted by Crippen LogP contribution is 2.51. The molecule has 36 heavy (non-hydrogen) atoms. The van der Waals surface area contributed by atoms with Gasteiger partial charge in [0.25, 0.3) is 0 Å².